The fourth-order valence-electron chi connectivity index (χ4n) is 4.53. The highest BCUT2D eigenvalue weighted by Crippen LogP contribution is 2.32. The molecule has 2 aliphatic carbocycles. The highest BCUT2D eigenvalue weighted by atomic mass is 35.5. The number of rotatable bonds is 2. The van der Waals surface area contributed by atoms with E-state index < -0.39 is 0 Å². The fourth-order valence-corrected chi connectivity index (χ4v) is 4.70. The topological polar surface area (TPSA) is 38.7 Å². The van der Waals surface area contributed by atoms with Crippen LogP contribution in [0.1, 0.15) is 126 Å². The molecule has 0 amide bonds. The van der Waals surface area contributed by atoms with Crippen molar-refractivity contribution in [3.63, 3.8) is 0 Å². The van der Waals surface area contributed by atoms with Gasteiger partial charge in [-0.2, -0.15) is 0 Å². The summed E-state index contributed by atoms with van der Waals surface area (Å²) in [5, 5.41) is 0.416. The standard InChI is InChI=1S/C21H34ClN3/c22-21-24-19(17-13-9-5-2-1-3-6-10-14-17)23-20(25-21)18-15-11-7-4-8-12-16-18/h17-18H,1-16H2. The second kappa shape index (κ2) is 10.4. The van der Waals surface area contributed by atoms with Gasteiger partial charge in [0.15, 0.2) is 0 Å². The van der Waals surface area contributed by atoms with E-state index in [9.17, 15) is 0 Å². The molecule has 2 fully saturated rings. The van der Waals surface area contributed by atoms with Crippen molar-refractivity contribution in [1.29, 1.82) is 0 Å². The predicted octanol–water partition coefficient (Wildman–Crippen LogP) is 6.96. The molecule has 25 heavy (non-hydrogen) atoms. The van der Waals surface area contributed by atoms with Gasteiger partial charge in [-0.25, -0.2) is 15.0 Å². The van der Waals surface area contributed by atoms with Gasteiger partial charge in [-0.3, -0.25) is 0 Å². The van der Waals surface area contributed by atoms with Crippen molar-refractivity contribution in [2.45, 2.75) is 115 Å². The minimum Gasteiger partial charge on any atom is -0.217 e. The lowest BCUT2D eigenvalue weighted by atomic mass is 9.90. The molecule has 1 aromatic rings. The molecule has 0 unspecified atom stereocenters. The molecule has 0 radical (unpaired) electrons. The van der Waals surface area contributed by atoms with Crippen molar-refractivity contribution in [2.75, 3.05) is 0 Å². The van der Waals surface area contributed by atoms with Gasteiger partial charge in [0.1, 0.15) is 11.6 Å². The molecule has 2 aliphatic rings. The van der Waals surface area contributed by atoms with Gasteiger partial charge in [-0.15, -0.1) is 0 Å². The zero-order chi connectivity index (χ0) is 17.3. The van der Waals surface area contributed by atoms with Gasteiger partial charge < -0.3 is 0 Å². The molecule has 3 nitrogen and oxygen atoms in total. The Labute approximate surface area is 158 Å². The van der Waals surface area contributed by atoms with E-state index in [-0.39, 0.29) is 0 Å². The molecular weight excluding hydrogens is 330 g/mol. The summed E-state index contributed by atoms with van der Waals surface area (Å²) >= 11 is 6.33. The number of aromatic nitrogens is 3. The average Bonchev–Trinajstić information content (AvgIpc) is 2.58. The maximum absolute atomic E-state index is 6.33. The van der Waals surface area contributed by atoms with Gasteiger partial charge in [0.05, 0.1) is 0 Å². The lowest BCUT2D eigenvalue weighted by Gasteiger charge is -2.21. The Morgan fingerprint density at radius 1 is 0.480 bits per heavy atom. The van der Waals surface area contributed by atoms with Crippen LogP contribution in [-0.4, -0.2) is 15.0 Å². The average molecular weight is 364 g/mol. The molecular formula is C21H34ClN3. The van der Waals surface area contributed by atoms with E-state index in [1.165, 1.54) is 103 Å². The summed E-state index contributed by atoms with van der Waals surface area (Å²) in [4.78, 5) is 14.1. The first kappa shape index (κ1) is 19.1. The zero-order valence-corrected chi connectivity index (χ0v) is 16.4. The summed E-state index contributed by atoms with van der Waals surface area (Å²) in [7, 11) is 0. The molecule has 3 rings (SSSR count). The van der Waals surface area contributed by atoms with Crippen molar-refractivity contribution in [2.24, 2.45) is 0 Å². The van der Waals surface area contributed by atoms with Crippen LogP contribution in [-0.2, 0) is 0 Å². The van der Waals surface area contributed by atoms with E-state index in [1.54, 1.807) is 0 Å². The molecule has 0 atom stereocenters. The van der Waals surface area contributed by atoms with Gasteiger partial charge in [0.25, 0.3) is 0 Å². The highest BCUT2D eigenvalue weighted by Gasteiger charge is 2.22. The molecule has 0 saturated heterocycles. The van der Waals surface area contributed by atoms with Crippen LogP contribution in [0.5, 0.6) is 0 Å². The molecule has 0 aromatic carbocycles. The van der Waals surface area contributed by atoms with Crippen molar-refractivity contribution in [1.82, 2.24) is 15.0 Å². The molecule has 4 heteroatoms. The van der Waals surface area contributed by atoms with Gasteiger partial charge in [0.2, 0.25) is 5.28 Å². The summed E-state index contributed by atoms with van der Waals surface area (Å²) < 4.78 is 0. The lowest BCUT2D eigenvalue weighted by molar-refractivity contribution is 0.427. The van der Waals surface area contributed by atoms with Crippen LogP contribution >= 0.6 is 11.6 Å². The summed E-state index contributed by atoms with van der Waals surface area (Å²) in [5.74, 6) is 2.93. The predicted molar refractivity (Wildman–Crippen MR) is 104 cm³/mol. The minimum atomic E-state index is 0.416. The van der Waals surface area contributed by atoms with Crippen molar-refractivity contribution >= 4 is 11.6 Å². The first-order valence-corrected chi connectivity index (χ1v) is 11.1. The molecule has 2 saturated carbocycles. The van der Waals surface area contributed by atoms with Crippen LogP contribution in [0.4, 0.5) is 0 Å². The number of hydrogen-bond donors (Lipinski definition) is 0. The van der Waals surface area contributed by atoms with Gasteiger partial charge in [0, 0.05) is 11.8 Å². The smallest absolute Gasteiger partial charge is 0.217 e. The molecule has 0 bridgehead atoms. The number of halogens is 1. The van der Waals surface area contributed by atoms with Crippen LogP contribution in [0.25, 0.3) is 0 Å². The van der Waals surface area contributed by atoms with Crippen LogP contribution in [0, 0.1) is 0 Å². The SMILES string of the molecule is Clc1nc(C2CCCCCCCCC2)nc(C2CCCCCCC2)n1. The first-order chi connectivity index (χ1) is 12.3. The van der Waals surface area contributed by atoms with E-state index >= 15 is 0 Å². The van der Waals surface area contributed by atoms with Crippen molar-refractivity contribution < 1.29 is 0 Å². The zero-order valence-electron chi connectivity index (χ0n) is 15.7. The maximum Gasteiger partial charge on any atom is 0.225 e. The van der Waals surface area contributed by atoms with Crippen LogP contribution in [0.3, 0.4) is 0 Å². The van der Waals surface area contributed by atoms with Crippen LogP contribution in [0.15, 0.2) is 0 Å². The lowest BCUT2D eigenvalue weighted by Crippen LogP contribution is -2.13. The maximum atomic E-state index is 6.33. The van der Waals surface area contributed by atoms with E-state index in [0.717, 1.165) is 11.6 Å². The molecule has 140 valence electrons. The molecule has 0 aliphatic heterocycles. The Kier molecular flexibility index (Phi) is 7.97. The number of nitrogens with zero attached hydrogens (tertiary/aromatic N) is 3. The van der Waals surface area contributed by atoms with Crippen molar-refractivity contribution in [3.8, 4) is 0 Å². The third kappa shape index (κ3) is 6.20. The van der Waals surface area contributed by atoms with E-state index in [0.29, 0.717) is 17.1 Å². The minimum absolute atomic E-state index is 0.416. The van der Waals surface area contributed by atoms with E-state index in [4.69, 9.17) is 16.6 Å². The Bertz CT molecular complexity index is 502. The summed E-state index contributed by atoms with van der Waals surface area (Å²) in [5.41, 5.74) is 0. The summed E-state index contributed by atoms with van der Waals surface area (Å²) in [6.07, 6.45) is 21.0. The highest BCUT2D eigenvalue weighted by molar-refractivity contribution is 6.28. The Morgan fingerprint density at radius 3 is 1.16 bits per heavy atom. The summed E-state index contributed by atoms with van der Waals surface area (Å²) in [6, 6.07) is 0. The van der Waals surface area contributed by atoms with Gasteiger partial charge in [-0.1, -0.05) is 77.0 Å². The normalized spacial score (nSPS) is 22.9. The van der Waals surface area contributed by atoms with Gasteiger partial charge in [-0.05, 0) is 37.3 Å². The molecule has 0 spiro atoms. The molecule has 1 heterocycles. The fraction of sp³-hybridized carbons (Fsp3) is 0.857. The quantitative estimate of drug-likeness (QED) is 0.569. The second-order valence-corrected chi connectivity index (χ2v) is 8.45. The molecule has 1 aromatic heterocycles. The molecule has 0 N–H and O–H groups in total. The first-order valence-electron chi connectivity index (χ1n) is 10.7. The second-order valence-electron chi connectivity index (χ2n) is 8.11. The van der Waals surface area contributed by atoms with Crippen LogP contribution < -0.4 is 0 Å². The Hall–Kier alpha value is -0.700. The van der Waals surface area contributed by atoms with Crippen LogP contribution in [0.2, 0.25) is 5.28 Å². The third-order valence-corrected chi connectivity index (χ3v) is 6.25. The van der Waals surface area contributed by atoms with Gasteiger partial charge >= 0.3 is 0 Å². The largest absolute Gasteiger partial charge is 0.225 e. The monoisotopic (exact) mass is 363 g/mol. The van der Waals surface area contributed by atoms with E-state index in [1.807, 2.05) is 0 Å². The van der Waals surface area contributed by atoms with E-state index in [2.05, 4.69) is 9.97 Å². The summed E-state index contributed by atoms with van der Waals surface area (Å²) in [6.45, 7) is 0. The Balaban J connectivity index is 1.74. The number of hydrogen-bond acceptors (Lipinski definition) is 3. The van der Waals surface area contributed by atoms with Crippen molar-refractivity contribution in [3.05, 3.63) is 16.9 Å². The third-order valence-electron chi connectivity index (χ3n) is 6.08. The Morgan fingerprint density at radius 2 is 0.800 bits per heavy atom.